The van der Waals surface area contributed by atoms with E-state index in [-0.39, 0.29) is 18.1 Å². The second kappa shape index (κ2) is 6.65. The molecule has 0 fully saturated rings. The van der Waals surface area contributed by atoms with Crippen LogP contribution in [0.4, 0.5) is 0 Å². The van der Waals surface area contributed by atoms with Gasteiger partial charge in [-0.3, -0.25) is 14.6 Å². The Labute approximate surface area is 123 Å². The molecule has 0 aliphatic heterocycles. The fraction of sp³-hybridized carbons (Fsp3) is 0.188. The van der Waals surface area contributed by atoms with Gasteiger partial charge < -0.3 is 10.1 Å². The molecule has 1 amide bonds. The molecule has 21 heavy (non-hydrogen) atoms. The number of ether oxygens (including phenoxy) is 1. The largest absolute Gasteiger partial charge is 0.497 e. The van der Waals surface area contributed by atoms with Crippen molar-refractivity contribution in [2.75, 3.05) is 14.2 Å². The number of ketones is 1. The van der Waals surface area contributed by atoms with Crippen molar-refractivity contribution < 1.29 is 14.3 Å². The van der Waals surface area contributed by atoms with Crippen LogP contribution in [0.15, 0.2) is 42.6 Å². The molecule has 0 bridgehead atoms. The predicted molar refractivity (Wildman–Crippen MR) is 78.7 cm³/mol. The van der Waals surface area contributed by atoms with E-state index in [9.17, 15) is 9.59 Å². The first kappa shape index (κ1) is 14.7. The number of Topliss-reactive ketones (excluding diaryl/α,β-unsaturated/α-hetero) is 1. The van der Waals surface area contributed by atoms with Gasteiger partial charge in [0, 0.05) is 18.8 Å². The summed E-state index contributed by atoms with van der Waals surface area (Å²) in [4.78, 5) is 28.2. The van der Waals surface area contributed by atoms with Crippen LogP contribution < -0.4 is 10.1 Å². The third-order valence-corrected chi connectivity index (χ3v) is 3.10. The first-order valence-electron chi connectivity index (χ1n) is 6.49. The van der Waals surface area contributed by atoms with Crippen LogP contribution in [0.5, 0.6) is 5.75 Å². The van der Waals surface area contributed by atoms with Crippen molar-refractivity contribution in [2.45, 2.75) is 6.42 Å². The lowest BCUT2D eigenvalue weighted by molar-refractivity contribution is 0.0961. The fourth-order valence-corrected chi connectivity index (χ4v) is 1.95. The molecule has 0 aliphatic carbocycles. The average Bonchev–Trinajstić information content (AvgIpc) is 2.54. The molecule has 0 atom stereocenters. The second-order valence-electron chi connectivity index (χ2n) is 4.41. The van der Waals surface area contributed by atoms with E-state index in [0.29, 0.717) is 22.6 Å². The highest BCUT2D eigenvalue weighted by atomic mass is 16.5. The molecule has 0 aliphatic rings. The zero-order chi connectivity index (χ0) is 15.2. The highest BCUT2D eigenvalue weighted by molar-refractivity contribution is 6.00. The molecule has 5 nitrogen and oxygen atoms in total. The Morgan fingerprint density at radius 2 is 1.90 bits per heavy atom. The van der Waals surface area contributed by atoms with Gasteiger partial charge in [-0.2, -0.15) is 0 Å². The van der Waals surface area contributed by atoms with E-state index in [1.807, 2.05) is 0 Å². The molecule has 1 heterocycles. The summed E-state index contributed by atoms with van der Waals surface area (Å²) in [6, 6.07) is 10.2. The molecule has 0 saturated heterocycles. The Bertz CT molecular complexity index is 651. The molecule has 108 valence electrons. The normalized spacial score (nSPS) is 10.0. The summed E-state index contributed by atoms with van der Waals surface area (Å²) in [6.07, 6.45) is 1.65. The number of nitrogens with one attached hydrogen (secondary N) is 1. The molecule has 0 spiro atoms. The molecule has 2 rings (SSSR count). The summed E-state index contributed by atoms with van der Waals surface area (Å²) in [5.74, 6) is 0.345. The molecule has 5 heteroatoms. The summed E-state index contributed by atoms with van der Waals surface area (Å²) in [5.41, 5.74) is 1.45. The highest BCUT2D eigenvalue weighted by Crippen LogP contribution is 2.14. The third-order valence-electron chi connectivity index (χ3n) is 3.10. The lowest BCUT2D eigenvalue weighted by atomic mass is 10.0. The number of pyridine rings is 1. The van der Waals surface area contributed by atoms with E-state index in [2.05, 4.69) is 10.3 Å². The molecule has 0 unspecified atom stereocenters. The molecule has 1 aromatic carbocycles. The van der Waals surface area contributed by atoms with Crippen molar-refractivity contribution in [3.8, 4) is 5.75 Å². The Kier molecular flexibility index (Phi) is 4.66. The van der Waals surface area contributed by atoms with Gasteiger partial charge in [0.25, 0.3) is 5.91 Å². The van der Waals surface area contributed by atoms with E-state index < -0.39 is 0 Å². The highest BCUT2D eigenvalue weighted by Gasteiger charge is 2.15. The number of carbonyl (C=O) groups is 2. The van der Waals surface area contributed by atoms with E-state index >= 15 is 0 Å². The maximum Gasteiger partial charge on any atom is 0.252 e. The minimum absolute atomic E-state index is 0.0793. The van der Waals surface area contributed by atoms with E-state index in [1.54, 1.807) is 56.8 Å². The van der Waals surface area contributed by atoms with E-state index in [4.69, 9.17) is 4.74 Å². The third kappa shape index (κ3) is 3.45. The van der Waals surface area contributed by atoms with Crippen molar-refractivity contribution in [3.05, 3.63) is 59.4 Å². The van der Waals surface area contributed by atoms with Crippen molar-refractivity contribution >= 4 is 11.7 Å². The quantitative estimate of drug-likeness (QED) is 0.851. The lowest BCUT2D eigenvalue weighted by Crippen LogP contribution is -2.21. The van der Waals surface area contributed by atoms with Crippen LogP contribution >= 0.6 is 0 Å². The van der Waals surface area contributed by atoms with Crippen molar-refractivity contribution in [2.24, 2.45) is 0 Å². The molecular formula is C16H16N2O3. The first-order chi connectivity index (χ1) is 10.2. The number of nitrogens with zero attached hydrogens (tertiary/aromatic N) is 1. The number of methoxy groups -OCH3 is 1. The molecule has 1 aromatic heterocycles. The van der Waals surface area contributed by atoms with Crippen LogP contribution in [0.25, 0.3) is 0 Å². The van der Waals surface area contributed by atoms with Gasteiger partial charge in [0.2, 0.25) is 0 Å². The summed E-state index contributed by atoms with van der Waals surface area (Å²) < 4.78 is 5.06. The van der Waals surface area contributed by atoms with Crippen LogP contribution in [-0.2, 0) is 6.42 Å². The molecule has 0 saturated carbocycles. The maximum absolute atomic E-state index is 12.3. The number of carbonyl (C=O) groups excluding carboxylic acids is 2. The summed E-state index contributed by atoms with van der Waals surface area (Å²) in [5, 5.41) is 2.54. The van der Waals surface area contributed by atoms with Crippen LogP contribution in [0.1, 0.15) is 26.4 Å². The molecular weight excluding hydrogens is 268 g/mol. The van der Waals surface area contributed by atoms with Crippen molar-refractivity contribution in [1.29, 1.82) is 0 Å². The number of aromatic nitrogens is 1. The van der Waals surface area contributed by atoms with E-state index in [0.717, 1.165) is 0 Å². The standard InChI is InChI=1S/C16H16N2O3/c1-17-16(20)13-4-3-9-18-14(13)10-15(19)11-5-7-12(21-2)8-6-11/h3-9H,10H2,1-2H3,(H,17,20). The maximum atomic E-state index is 12.3. The van der Waals surface area contributed by atoms with Gasteiger partial charge in [-0.15, -0.1) is 0 Å². The van der Waals surface area contributed by atoms with Crippen LogP contribution in [-0.4, -0.2) is 30.8 Å². The number of amides is 1. The van der Waals surface area contributed by atoms with Crippen molar-refractivity contribution in [1.82, 2.24) is 10.3 Å². The minimum Gasteiger partial charge on any atom is -0.497 e. The SMILES string of the molecule is CNC(=O)c1cccnc1CC(=O)c1ccc(OC)cc1. The average molecular weight is 284 g/mol. The van der Waals surface area contributed by atoms with Gasteiger partial charge >= 0.3 is 0 Å². The molecule has 1 N–H and O–H groups in total. The van der Waals surface area contributed by atoms with Gasteiger partial charge in [-0.05, 0) is 36.4 Å². The number of hydrogen-bond acceptors (Lipinski definition) is 4. The first-order valence-corrected chi connectivity index (χ1v) is 6.49. The number of benzene rings is 1. The van der Waals surface area contributed by atoms with Gasteiger partial charge in [0.15, 0.2) is 5.78 Å². The Morgan fingerprint density at radius 1 is 1.19 bits per heavy atom. The fourth-order valence-electron chi connectivity index (χ4n) is 1.95. The Balaban J connectivity index is 2.21. The van der Waals surface area contributed by atoms with Crippen molar-refractivity contribution in [3.63, 3.8) is 0 Å². The van der Waals surface area contributed by atoms with Crippen LogP contribution in [0.2, 0.25) is 0 Å². The lowest BCUT2D eigenvalue weighted by Gasteiger charge is -2.07. The minimum atomic E-state index is -0.249. The number of hydrogen-bond donors (Lipinski definition) is 1. The zero-order valence-electron chi connectivity index (χ0n) is 11.9. The van der Waals surface area contributed by atoms with Crippen LogP contribution in [0.3, 0.4) is 0 Å². The Morgan fingerprint density at radius 3 is 2.52 bits per heavy atom. The van der Waals surface area contributed by atoms with Gasteiger partial charge in [0.05, 0.1) is 24.8 Å². The predicted octanol–water partition coefficient (Wildman–Crippen LogP) is 1.88. The monoisotopic (exact) mass is 284 g/mol. The summed E-state index contributed by atoms with van der Waals surface area (Å²) >= 11 is 0. The second-order valence-corrected chi connectivity index (χ2v) is 4.41. The van der Waals surface area contributed by atoms with Gasteiger partial charge in [-0.25, -0.2) is 0 Å². The van der Waals surface area contributed by atoms with Crippen LogP contribution in [0, 0.1) is 0 Å². The van der Waals surface area contributed by atoms with Gasteiger partial charge in [0.1, 0.15) is 5.75 Å². The number of rotatable bonds is 5. The molecule has 2 aromatic rings. The topological polar surface area (TPSA) is 68.3 Å². The smallest absolute Gasteiger partial charge is 0.252 e. The molecule has 0 radical (unpaired) electrons. The summed E-state index contributed by atoms with van der Waals surface area (Å²) in [7, 11) is 3.12. The van der Waals surface area contributed by atoms with Gasteiger partial charge in [-0.1, -0.05) is 0 Å². The summed E-state index contributed by atoms with van der Waals surface area (Å²) in [6.45, 7) is 0. The Hall–Kier alpha value is -2.69. The zero-order valence-corrected chi connectivity index (χ0v) is 11.9. The van der Waals surface area contributed by atoms with E-state index in [1.165, 1.54) is 0 Å².